The van der Waals surface area contributed by atoms with E-state index in [4.69, 9.17) is 23.8 Å². The lowest BCUT2D eigenvalue weighted by atomic mass is 10.0. The predicted molar refractivity (Wildman–Crippen MR) is 102 cm³/mol. The van der Waals surface area contributed by atoms with Crippen LogP contribution in [0, 0.1) is 11.8 Å². The van der Waals surface area contributed by atoms with Gasteiger partial charge in [-0.05, 0) is 43.0 Å². The molecule has 3 aliphatic rings. The molecule has 0 amide bonds. The van der Waals surface area contributed by atoms with Crippen LogP contribution in [0.25, 0.3) is 0 Å². The van der Waals surface area contributed by atoms with Gasteiger partial charge >= 0.3 is 6.18 Å². The van der Waals surface area contributed by atoms with Gasteiger partial charge in [-0.15, -0.1) is 0 Å². The second-order valence-corrected chi connectivity index (χ2v) is 8.19. The van der Waals surface area contributed by atoms with Crippen molar-refractivity contribution in [1.29, 1.82) is 0 Å². The van der Waals surface area contributed by atoms with E-state index in [1.54, 1.807) is 0 Å². The Morgan fingerprint density at radius 3 is 2.48 bits per heavy atom. The summed E-state index contributed by atoms with van der Waals surface area (Å²) in [6, 6.07) is 1.39. The van der Waals surface area contributed by atoms with Crippen molar-refractivity contribution in [2.45, 2.75) is 25.1 Å². The number of hydrogen-bond acceptors (Lipinski definition) is 2. The lowest BCUT2D eigenvalue weighted by Gasteiger charge is -2.34. The Bertz CT molecular complexity index is 761. The van der Waals surface area contributed by atoms with Gasteiger partial charge in [0.15, 0.2) is 5.11 Å². The van der Waals surface area contributed by atoms with Crippen LogP contribution < -0.4 is 15.2 Å². The summed E-state index contributed by atoms with van der Waals surface area (Å²) < 4.78 is 38.3. The number of rotatable bonds is 2. The Morgan fingerprint density at radius 1 is 1.19 bits per heavy atom. The molecule has 0 aromatic carbocycles. The molecule has 2 fully saturated rings. The third kappa shape index (κ3) is 3.87. The molecule has 1 aromatic rings. The fourth-order valence-corrected chi connectivity index (χ4v) is 4.82. The van der Waals surface area contributed by atoms with Crippen LogP contribution in [-0.2, 0) is 6.18 Å². The largest absolute Gasteiger partial charge is 0.419 e. The normalized spacial score (nSPS) is 27.3. The number of pyridine rings is 1. The number of nitrogens with zero attached hydrogens (tertiary/aromatic N) is 2. The topological polar surface area (TPSA) is 32.7 Å². The number of aromatic amines is 1. The van der Waals surface area contributed by atoms with Crippen molar-refractivity contribution < 1.29 is 18.2 Å². The number of nitrogens with one attached hydrogen (secondary N) is 2. The molecule has 4 nitrogen and oxygen atoms in total. The smallest absolute Gasteiger partial charge is 0.359 e. The number of thiocarbonyl (C=S) groups is 1. The first-order valence-corrected chi connectivity index (χ1v) is 9.87. The van der Waals surface area contributed by atoms with Crippen LogP contribution >= 0.6 is 23.8 Å². The van der Waals surface area contributed by atoms with Crippen molar-refractivity contribution in [3.63, 3.8) is 0 Å². The summed E-state index contributed by atoms with van der Waals surface area (Å²) in [7, 11) is 0. The number of fused-ring (bicyclic) bond motifs is 2. The van der Waals surface area contributed by atoms with E-state index >= 15 is 0 Å². The summed E-state index contributed by atoms with van der Waals surface area (Å²) in [6.45, 7) is 2.68. The SMILES string of the molecule is FC(F)(F)c1c[nH+]c(N2CCN(C(=S)N[C@H]3C[C@H]4C=C[C@H]3C4)CC2)c(Cl)c1. The van der Waals surface area contributed by atoms with Crippen molar-refractivity contribution >= 4 is 34.7 Å². The van der Waals surface area contributed by atoms with E-state index in [0.717, 1.165) is 23.8 Å². The zero-order valence-corrected chi connectivity index (χ0v) is 16.2. The molecule has 9 heteroatoms. The first kappa shape index (κ1) is 18.8. The summed E-state index contributed by atoms with van der Waals surface area (Å²) in [5, 5.41) is 4.34. The highest BCUT2D eigenvalue weighted by atomic mass is 35.5. The van der Waals surface area contributed by atoms with E-state index in [0.29, 0.717) is 49.9 Å². The lowest BCUT2D eigenvalue weighted by Crippen LogP contribution is -2.54. The molecule has 2 heterocycles. The molecule has 0 radical (unpaired) electrons. The van der Waals surface area contributed by atoms with Gasteiger partial charge in [-0.3, -0.25) is 4.90 Å². The summed E-state index contributed by atoms with van der Waals surface area (Å²) in [6.07, 6.45) is 3.49. The number of H-pyrrole nitrogens is 1. The first-order valence-electron chi connectivity index (χ1n) is 9.08. The molecule has 0 unspecified atom stereocenters. The monoisotopic (exact) mass is 417 g/mol. The third-order valence-corrected chi connectivity index (χ3v) is 6.34. The quantitative estimate of drug-likeness (QED) is 0.592. The summed E-state index contributed by atoms with van der Waals surface area (Å²) in [5.74, 6) is 1.78. The molecule has 1 saturated heterocycles. The fourth-order valence-electron chi connectivity index (χ4n) is 4.20. The number of piperazine rings is 1. The van der Waals surface area contributed by atoms with Gasteiger partial charge < -0.3 is 10.2 Å². The van der Waals surface area contributed by atoms with Gasteiger partial charge in [-0.1, -0.05) is 23.8 Å². The molecule has 4 rings (SSSR count). The number of allylic oxidation sites excluding steroid dienone is 1. The van der Waals surface area contributed by atoms with Gasteiger partial charge in [0.2, 0.25) is 0 Å². The van der Waals surface area contributed by atoms with Crippen LogP contribution in [0.2, 0.25) is 5.02 Å². The Hall–Kier alpha value is -1.54. The van der Waals surface area contributed by atoms with Crippen LogP contribution in [0.15, 0.2) is 24.4 Å². The minimum absolute atomic E-state index is 0.0766. The molecule has 2 bridgehead atoms. The van der Waals surface area contributed by atoms with E-state index in [2.05, 4.69) is 27.4 Å². The standard InChI is InChI=1S/C18H20ClF3N4S/c19-14-9-13(18(20,21)22)10-23-16(14)25-3-5-26(6-4-25)17(27)24-15-8-11-1-2-12(15)7-11/h1-2,9-12,15H,3-8H2,(H,24,27)/p+1/t11-,12-,15-/m0/s1. The Balaban J connectivity index is 1.33. The van der Waals surface area contributed by atoms with Crippen molar-refractivity contribution in [2.75, 3.05) is 31.1 Å². The number of hydrogen-bond donors (Lipinski definition) is 1. The zero-order chi connectivity index (χ0) is 19.2. The van der Waals surface area contributed by atoms with Crippen molar-refractivity contribution in [1.82, 2.24) is 10.2 Å². The highest BCUT2D eigenvalue weighted by Gasteiger charge is 2.37. The molecule has 3 atom stereocenters. The van der Waals surface area contributed by atoms with Crippen molar-refractivity contribution in [2.24, 2.45) is 11.8 Å². The minimum atomic E-state index is -4.41. The maximum Gasteiger partial charge on any atom is 0.419 e. The number of anilines is 1. The lowest BCUT2D eigenvalue weighted by molar-refractivity contribution is -0.367. The molecular formula is C18H21ClF3N4S+. The second kappa shape index (κ2) is 7.13. The van der Waals surface area contributed by atoms with Crippen molar-refractivity contribution in [3.8, 4) is 0 Å². The molecular weight excluding hydrogens is 397 g/mol. The van der Waals surface area contributed by atoms with Gasteiger partial charge in [0.1, 0.15) is 24.3 Å². The fraction of sp³-hybridized carbons (Fsp3) is 0.556. The van der Waals surface area contributed by atoms with Crippen LogP contribution in [0.4, 0.5) is 19.0 Å². The molecule has 2 N–H and O–H groups in total. The molecule has 1 saturated carbocycles. The van der Waals surface area contributed by atoms with Gasteiger partial charge in [-0.2, -0.15) is 13.2 Å². The van der Waals surface area contributed by atoms with E-state index in [-0.39, 0.29) is 5.02 Å². The van der Waals surface area contributed by atoms with Gasteiger partial charge in [0.05, 0.1) is 18.7 Å². The average Bonchev–Trinajstić information content (AvgIpc) is 3.24. The maximum atomic E-state index is 12.8. The highest BCUT2D eigenvalue weighted by molar-refractivity contribution is 7.80. The molecule has 27 heavy (non-hydrogen) atoms. The third-order valence-electron chi connectivity index (χ3n) is 5.67. The summed E-state index contributed by atoms with van der Waals surface area (Å²) in [5.41, 5.74) is -0.778. The molecule has 1 aromatic heterocycles. The zero-order valence-electron chi connectivity index (χ0n) is 14.6. The van der Waals surface area contributed by atoms with E-state index in [1.165, 1.54) is 6.42 Å². The van der Waals surface area contributed by atoms with Gasteiger partial charge in [-0.25, -0.2) is 4.98 Å². The second-order valence-electron chi connectivity index (χ2n) is 7.39. The molecule has 1 aliphatic heterocycles. The van der Waals surface area contributed by atoms with Crippen LogP contribution in [0.5, 0.6) is 0 Å². The highest BCUT2D eigenvalue weighted by Crippen LogP contribution is 2.39. The number of alkyl halides is 3. The van der Waals surface area contributed by atoms with E-state index < -0.39 is 11.7 Å². The van der Waals surface area contributed by atoms with Crippen LogP contribution in [-0.4, -0.2) is 42.2 Å². The van der Waals surface area contributed by atoms with Crippen LogP contribution in [0.1, 0.15) is 18.4 Å². The Kier molecular flexibility index (Phi) is 4.96. The number of halogens is 4. The average molecular weight is 418 g/mol. The molecule has 0 spiro atoms. The summed E-state index contributed by atoms with van der Waals surface area (Å²) in [4.78, 5) is 6.79. The van der Waals surface area contributed by atoms with E-state index in [1.807, 2.05) is 4.90 Å². The minimum Gasteiger partial charge on any atom is -0.359 e. The Morgan fingerprint density at radius 2 is 1.93 bits per heavy atom. The van der Waals surface area contributed by atoms with Gasteiger partial charge in [0.25, 0.3) is 5.82 Å². The first-order chi connectivity index (χ1) is 12.8. The molecule has 2 aliphatic carbocycles. The number of aromatic nitrogens is 1. The molecule has 146 valence electrons. The Labute approximate surface area is 166 Å². The van der Waals surface area contributed by atoms with Crippen LogP contribution in [0.3, 0.4) is 0 Å². The van der Waals surface area contributed by atoms with E-state index in [9.17, 15) is 13.2 Å². The maximum absolute atomic E-state index is 12.8. The van der Waals surface area contributed by atoms with Crippen molar-refractivity contribution in [3.05, 3.63) is 35.0 Å². The predicted octanol–water partition coefficient (Wildman–Crippen LogP) is 3.13. The summed E-state index contributed by atoms with van der Waals surface area (Å²) >= 11 is 11.7. The van der Waals surface area contributed by atoms with Gasteiger partial charge in [0, 0.05) is 6.04 Å².